The van der Waals surface area contributed by atoms with Crippen LogP contribution in [0.3, 0.4) is 0 Å². The Morgan fingerprint density at radius 1 is 0.920 bits per heavy atom. The molecule has 1 amide bonds. The van der Waals surface area contributed by atoms with Gasteiger partial charge in [-0.05, 0) is 49.4 Å². The Morgan fingerprint density at radius 2 is 1.60 bits per heavy atom. The largest absolute Gasteiger partial charge is 0.461 e. The van der Waals surface area contributed by atoms with Crippen LogP contribution in [-0.4, -0.2) is 5.91 Å². The van der Waals surface area contributed by atoms with Crippen molar-refractivity contribution in [2.24, 2.45) is 0 Å². The van der Waals surface area contributed by atoms with Crippen molar-refractivity contribution in [1.29, 1.82) is 0 Å². The van der Waals surface area contributed by atoms with Crippen LogP contribution in [0.4, 0.5) is 5.69 Å². The fourth-order valence-electron chi connectivity index (χ4n) is 2.33. The molecule has 0 spiro atoms. The van der Waals surface area contributed by atoms with Gasteiger partial charge >= 0.3 is 0 Å². The number of carbonyl (C=O) groups is 1. The Morgan fingerprint density at radius 3 is 2.28 bits per heavy atom. The molecule has 0 saturated heterocycles. The summed E-state index contributed by atoms with van der Waals surface area (Å²) in [7, 11) is 0. The normalized spacial score (nSPS) is 10.8. The van der Waals surface area contributed by atoms with Crippen molar-refractivity contribution in [3.8, 4) is 11.3 Å². The lowest BCUT2D eigenvalue weighted by atomic mass is 10.1. The fraction of sp³-hybridized carbons (Fsp3) is 0.0556. The van der Waals surface area contributed by atoms with Gasteiger partial charge in [0.25, 0.3) is 5.91 Å². The molecular formula is C18H11Cl4NO2. The number of hydrogen-bond acceptors (Lipinski definition) is 2. The molecule has 0 fully saturated rings. The Bertz CT molecular complexity index is 945. The molecule has 0 aliphatic rings. The van der Waals surface area contributed by atoms with E-state index in [1.165, 1.54) is 0 Å². The van der Waals surface area contributed by atoms with E-state index in [1.54, 1.807) is 49.4 Å². The first kappa shape index (κ1) is 18.2. The smallest absolute Gasteiger partial charge is 0.259 e. The van der Waals surface area contributed by atoms with Gasteiger partial charge in [0.05, 0.1) is 16.3 Å². The van der Waals surface area contributed by atoms with Crippen molar-refractivity contribution in [3.63, 3.8) is 0 Å². The third-order valence-corrected chi connectivity index (χ3v) is 4.49. The highest BCUT2D eigenvalue weighted by Gasteiger charge is 2.18. The van der Waals surface area contributed by atoms with Gasteiger partial charge in [-0.1, -0.05) is 46.4 Å². The summed E-state index contributed by atoms with van der Waals surface area (Å²) in [5.74, 6) is 0.593. The molecule has 0 aliphatic heterocycles. The Balaban J connectivity index is 1.91. The Kier molecular flexibility index (Phi) is 5.30. The maximum atomic E-state index is 12.6. The lowest BCUT2D eigenvalue weighted by Crippen LogP contribution is -2.12. The molecule has 3 rings (SSSR count). The average Bonchev–Trinajstić information content (AvgIpc) is 2.92. The van der Waals surface area contributed by atoms with Crippen LogP contribution >= 0.6 is 46.4 Å². The first-order valence-corrected chi connectivity index (χ1v) is 8.68. The second kappa shape index (κ2) is 7.30. The van der Waals surface area contributed by atoms with Gasteiger partial charge in [0.1, 0.15) is 11.5 Å². The molecule has 1 N–H and O–H groups in total. The number of hydrogen-bond donors (Lipinski definition) is 1. The van der Waals surface area contributed by atoms with Crippen LogP contribution in [0.25, 0.3) is 11.3 Å². The molecule has 2 aromatic carbocycles. The van der Waals surface area contributed by atoms with Crippen molar-refractivity contribution in [2.75, 3.05) is 5.32 Å². The van der Waals surface area contributed by atoms with E-state index in [2.05, 4.69) is 5.32 Å². The molecule has 1 heterocycles. The second-order valence-corrected chi connectivity index (χ2v) is 7.03. The minimum atomic E-state index is -0.357. The number of anilines is 1. The van der Waals surface area contributed by atoms with Gasteiger partial charge in [-0.2, -0.15) is 0 Å². The van der Waals surface area contributed by atoms with Crippen LogP contribution in [0.1, 0.15) is 16.1 Å². The van der Waals surface area contributed by atoms with E-state index in [4.69, 9.17) is 50.8 Å². The number of amides is 1. The maximum Gasteiger partial charge on any atom is 0.259 e. The quantitative estimate of drug-likeness (QED) is 0.495. The summed E-state index contributed by atoms with van der Waals surface area (Å²) in [6, 6.07) is 11.5. The van der Waals surface area contributed by atoms with E-state index < -0.39 is 0 Å². The molecule has 0 saturated carbocycles. The molecule has 0 radical (unpaired) electrons. The van der Waals surface area contributed by atoms with E-state index >= 15 is 0 Å². The summed E-state index contributed by atoms with van der Waals surface area (Å²) >= 11 is 24.0. The molecule has 128 valence electrons. The number of nitrogens with one attached hydrogen (secondary N) is 1. The van der Waals surface area contributed by atoms with Crippen LogP contribution in [0.15, 0.2) is 46.9 Å². The summed E-state index contributed by atoms with van der Waals surface area (Å²) in [4.78, 5) is 12.6. The van der Waals surface area contributed by atoms with Crippen LogP contribution in [0.5, 0.6) is 0 Å². The summed E-state index contributed by atoms with van der Waals surface area (Å²) in [5.41, 5.74) is 1.48. The van der Waals surface area contributed by atoms with Crippen LogP contribution < -0.4 is 5.32 Å². The van der Waals surface area contributed by atoms with Gasteiger partial charge in [-0.15, -0.1) is 0 Å². The Labute approximate surface area is 164 Å². The third kappa shape index (κ3) is 4.13. The highest BCUT2D eigenvalue weighted by molar-refractivity contribution is 6.36. The molecule has 7 heteroatoms. The summed E-state index contributed by atoms with van der Waals surface area (Å²) in [6.45, 7) is 1.70. The number of furan rings is 1. The number of rotatable bonds is 3. The predicted molar refractivity (Wildman–Crippen MR) is 103 cm³/mol. The first-order valence-electron chi connectivity index (χ1n) is 7.17. The number of benzene rings is 2. The lowest BCUT2D eigenvalue weighted by molar-refractivity contribution is 0.102. The minimum absolute atomic E-state index is 0.357. The van der Waals surface area contributed by atoms with E-state index in [0.717, 1.165) is 0 Å². The molecule has 1 aromatic heterocycles. The average molecular weight is 415 g/mol. The fourth-order valence-corrected chi connectivity index (χ4v) is 3.19. The SMILES string of the molecule is Cc1oc(-c2cc(Cl)cc(Cl)c2)cc1C(=O)Nc1cc(Cl)ccc1Cl. The van der Waals surface area contributed by atoms with Crippen LogP contribution in [-0.2, 0) is 0 Å². The summed E-state index contributed by atoms with van der Waals surface area (Å²) < 4.78 is 5.69. The second-order valence-electron chi connectivity index (χ2n) is 5.32. The van der Waals surface area contributed by atoms with E-state index in [1.807, 2.05) is 0 Å². The van der Waals surface area contributed by atoms with E-state index in [9.17, 15) is 4.79 Å². The lowest BCUT2D eigenvalue weighted by Gasteiger charge is -2.06. The zero-order valence-corrected chi connectivity index (χ0v) is 15.9. The van der Waals surface area contributed by atoms with E-state index in [0.29, 0.717) is 48.4 Å². The zero-order chi connectivity index (χ0) is 18.1. The zero-order valence-electron chi connectivity index (χ0n) is 12.9. The van der Waals surface area contributed by atoms with Gasteiger partial charge in [0, 0.05) is 20.6 Å². The number of carbonyl (C=O) groups excluding carboxylic acids is 1. The van der Waals surface area contributed by atoms with Crippen molar-refractivity contribution in [3.05, 3.63) is 73.9 Å². The summed E-state index contributed by atoms with van der Waals surface area (Å²) in [5, 5.41) is 4.55. The Hall–Kier alpha value is -1.65. The standard InChI is InChI=1S/C18H11Cl4NO2/c1-9-14(18(24)23-16-7-11(19)2-3-15(16)22)8-17(25-9)10-4-12(20)6-13(21)5-10/h2-8H,1H3,(H,23,24). The molecule has 25 heavy (non-hydrogen) atoms. The van der Waals surface area contributed by atoms with Gasteiger partial charge in [-0.25, -0.2) is 0 Å². The molecule has 0 unspecified atom stereocenters. The number of halogens is 4. The molecule has 0 aliphatic carbocycles. The number of aryl methyl sites for hydroxylation is 1. The van der Waals surface area contributed by atoms with Crippen molar-refractivity contribution in [2.45, 2.75) is 6.92 Å². The molecular weight excluding hydrogens is 404 g/mol. The van der Waals surface area contributed by atoms with Crippen molar-refractivity contribution >= 4 is 58.0 Å². The third-order valence-electron chi connectivity index (χ3n) is 3.49. The monoisotopic (exact) mass is 413 g/mol. The first-order chi connectivity index (χ1) is 11.8. The van der Waals surface area contributed by atoms with Crippen LogP contribution in [0, 0.1) is 6.92 Å². The van der Waals surface area contributed by atoms with Gasteiger partial charge in [0.2, 0.25) is 0 Å². The van der Waals surface area contributed by atoms with Gasteiger partial charge in [0.15, 0.2) is 0 Å². The molecule has 0 bridgehead atoms. The van der Waals surface area contributed by atoms with Crippen LogP contribution in [0.2, 0.25) is 20.1 Å². The summed E-state index contributed by atoms with van der Waals surface area (Å²) in [6.07, 6.45) is 0. The minimum Gasteiger partial charge on any atom is -0.461 e. The topological polar surface area (TPSA) is 42.2 Å². The highest BCUT2D eigenvalue weighted by atomic mass is 35.5. The van der Waals surface area contributed by atoms with Crippen molar-refractivity contribution in [1.82, 2.24) is 0 Å². The van der Waals surface area contributed by atoms with E-state index in [-0.39, 0.29) is 5.91 Å². The highest BCUT2D eigenvalue weighted by Crippen LogP contribution is 2.31. The molecule has 0 atom stereocenters. The maximum absolute atomic E-state index is 12.6. The van der Waals surface area contributed by atoms with Gasteiger partial charge < -0.3 is 9.73 Å². The molecule has 3 aromatic rings. The predicted octanol–water partition coefficient (Wildman–Crippen LogP) is 7.12. The van der Waals surface area contributed by atoms with Crippen molar-refractivity contribution < 1.29 is 9.21 Å². The van der Waals surface area contributed by atoms with Gasteiger partial charge in [-0.3, -0.25) is 4.79 Å². The molecule has 3 nitrogen and oxygen atoms in total.